The zero-order valence-corrected chi connectivity index (χ0v) is 12.4. The van der Waals surface area contributed by atoms with Crippen LogP contribution in [0.3, 0.4) is 0 Å². The van der Waals surface area contributed by atoms with Gasteiger partial charge in [-0.25, -0.2) is 0 Å². The molecule has 21 heavy (non-hydrogen) atoms. The maximum absolute atomic E-state index is 12.8. The Morgan fingerprint density at radius 2 is 2.10 bits per heavy atom. The average molecular weight is 298 g/mol. The summed E-state index contributed by atoms with van der Waals surface area (Å²) in [7, 11) is 0. The zero-order valence-electron chi connectivity index (χ0n) is 12.4. The molecule has 2 rings (SSSR count). The summed E-state index contributed by atoms with van der Waals surface area (Å²) >= 11 is 0. The lowest BCUT2D eigenvalue weighted by Gasteiger charge is -2.36. The number of anilines is 1. The van der Waals surface area contributed by atoms with Crippen LogP contribution in [0.15, 0.2) is 30.5 Å². The molecule has 5 heteroatoms. The Bertz CT molecular complexity index is 535. The molecule has 2 N–H and O–H groups in total. The van der Waals surface area contributed by atoms with Crippen molar-refractivity contribution in [2.45, 2.75) is 38.9 Å². The van der Waals surface area contributed by atoms with Crippen LogP contribution in [0.2, 0.25) is 0 Å². The minimum atomic E-state index is -4.34. The van der Waals surface area contributed by atoms with Gasteiger partial charge in [0.25, 0.3) is 0 Å². The Hall–Kier alpha value is -1.49. The van der Waals surface area contributed by atoms with Crippen molar-refractivity contribution in [1.29, 1.82) is 0 Å². The first-order valence-corrected chi connectivity index (χ1v) is 7.12. The molecular formula is C16H21F3N2. The molecule has 0 bridgehead atoms. The van der Waals surface area contributed by atoms with E-state index in [0.717, 1.165) is 23.9 Å². The Morgan fingerprint density at radius 1 is 1.43 bits per heavy atom. The van der Waals surface area contributed by atoms with Crippen molar-refractivity contribution in [2.24, 2.45) is 11.7 Å². The Labute approximate surface area is 123 Å². The van der Waals surface area contributed by atoms with Gasteiger partial charge in [-0.05, 0) is 42.5 Å². The van der Waals surface area contributed by atoms with Gasteiger partial charge in [0.1, 0.15) is 0 Å². The van der Waals surface area contributed by atoms with Gasteiger partial charge in [-0.3, -0.25) is 0 Å². The topological polar surface area (TPSA) is 29.3 Å². The molecule has 1 aliphatic heterocycles. The molecule has 0 amide bonds. The molecule has 1 atom stereocenters. The van der Waals surface area contributed by atoms with E-state index in [-0.39, 0.29) is 6.04 Å². The van der Waals surface area contributed by atoms with Gasteiger partial charge in [0.15, 0.2) is 0 Å². The molecule has 0 radical (unpaired) electrons. The monoisotopic (exact) mass is 298 g/mol. The number of rotatable bonds is 3. The number of nitrogens with two attached hydrogens (primary N) is 1. The van der Waals surface area contributed by atoms with Gasteiger partial charge in [0, 0.05) is 24.0 Å². The van der Waals surface area contributed by atoms with E-state index in [9.17, 15) is 13.2 Å². The minimum Gasteiger partial charge on any atom is -0.345 e. The molecule has 1 aromatic rings. The van der Waals surface area contributed by atoms with Gasteiger partial charge in [0.2, 0.25) is 0 Å². The van der Waals surface area contributed by atoms with Crippen molar-refractivity contribution in [3.8, 4) is 0 Å². The summed E-state index contributed by atoms with van der Waals surface area (Å²) in [5.74, 6) is 0.450. The van der Waals surface area contributed by atoms with Crippen LogP contribution in [0.1, 0.15) is 43.9 Å². The lowest BCUT2D eigenvalue weighted by Crippen LogP contribution is -2.33. The lowest BCUT2D eigenvalue weighted by atomic mass is 9.93. The van der Waals surface area contributed by atoms with Crippen molar-refractivity contribution in [3.63, 3.8) is 0 Å². The number of halogens is 3. The van der Waals surface area contributed by atoms with Crippen LogP contribution < -0.4 is 10.6 Å². The summed E-state index contributed by atoms with van der Waals surface area (Å²) in [5, 5.41) is 0. The molecule has 0 aromatic heterocycles. The quantitative estimate of drug-likeness (QED) is 0.891. The highest BCUT2D eigenvalue weighted by Gasteiger charge is 2.33. The van der Waals surface area contributed by atoms with Gasteiger partial charge in [0.05, 0.1) is 5.56 Å². The van der Waals surface area contributed by atoms with Crippen LogP contribution in [-0.4, -0.2) is 6.54 Å². The van der Waals surface area contributed by atoms with Gasteiger partial charge >= 0.3 is 6.18 Å². The van der Waals surface area contributed by atoms with Crippen LogP contribution in [0.25, 0.3) is 0 Å². The highest BCUT2D eigenvalue weighted by atomic mass is 19.4. The molecule has 2 nitrogen and oxygen atoms in total. The van der Waals surface area contributed by atoms with Crippen molar-refractivity contribution < 1.29 is 13.2 Å². The summed E-state index contributed by atoms with van der Waals surface area (Å²) < 4.78 is 38.5. The van der Waals surface area contributed by atoms with Crippen LogP contribution >= 0.6 is 0 Å². The molecule has 0 saturated heterocycles. The van der Waals surface area contributed by atoms with Crippen LogP contribution in [0.4, 0.5) is 18.9 Å². The van der Waals surface area contributed by atoms with E-state index in [0.29, 0.717) is 24.4 Å². The number of alkyl halides is 3. The third-order valence-electron chi connectivity index (χ3n) is 3.73. The summed E-state index contributed by atoms with van der Waals surface area (Å²) in [6.45, 7) is 8.96. The minimum absolute atomic E-state index is 0.356. The number of benzene rings is 1. The smallest absolute Gasteiger partial charge is 0.345 e. The number of hydrogen-bond acceptors (Lipinski definition) is 2. The molecule has 0 aliphatic carbocycles. The first-order chi connectivity index (χ1) is 9.70. The Morgan fingerprint density at radius 3 is 2.67 bits per heavy atom. The van der Waals surface area contributed by atoms with E-state index in [1.165, 1.54) is 12.1 Å². The first-order valence-electron chi connectivity index (χ1n) is 7.12. The highest BCUT2D eigenvalue weighted by Crippen LogP contribution is 2.39. The highest BCUT2D eigenvalue weighted by molar-refractivity contribution is 5.62. The van der Waals surface area contributed by atoms with E-state index in [1.807, 2.05) is 4.90 Å². The fraction of sp³-hybridized carbons (Fsp3) is 0.500. The standard InChI is InChI=1S/C16H21F3N2/c1-10(2)8-11(3)21-7-6-14(20)13-9-12(16(17,18)19)4-5-15(13)21/h4-5,9-10,14H,3,6-8,20H2,1-2H3. The molecule has 1 aromatic carbocycles. The van der Waals surface area contributed by atoms with Crippen LogP contribution in [0.5, 0.6) is 0 Å². The second-order valence-electron chi connectivity index (χ2n) is 5.98. The van der Waals surface area contributed by atoms with Gasteiger partial charge in [-0.2, -0.15) is 13.2 Å². The van der Waals surface area contributed by atoms with Crippen molar-refractivity contribution in [1.82, 2.24) is 0 Å². The fourth-order valence-electron chi connectivity index (χ4n) is 2.73. The molecule has 0 spiro atoms. The molecular weight excluding hydrogens is 277 g/mol. The maximum atomic E-state index is 12.8. The number of nitrogens with zero attached hydrogens (tertiary/aromatic N) is 1. The third-order valence-corrected chi connectivity index (χ3v) is 3.73. The van der Waals surface area contributed by atoms with Gasteiger partial charge < -0.3 is 10.6 Å². The molecule has 0 fully saturated rings. The maximum Gasteiger partial charge on any atom is 0.416 e. The molecule has 1 heterocycles. The third kappa shape index (κ3) is 3.40. The summed E-state index contributed by atoms with van der Waals surface area (Å²) in [5.41, 5.74) is 7.60. The SMILES string of the molecule is C=C(CC(C)C)N1CCC(N)c2cc(C(F)(F)F)ccc21. The van der Waals surface area contributed by atoms with Gasteiger partial charge in [-0.1, -0.05) is 20.4 Å². The summed E-state index contributed by atoms with van der Waals surface area (Å²) in [4.78, 5) is 2.00. The van der Waals surface area contributed by atoms with Gasteiger partial charge in [-0.15, -0.1) is 0 Å². The Balaban J connectivity index is 2.38. The molecule has 116 valence electrons. The lowest BCUT2D eigenvalue weighted by molar-refractivity contribution is -0.137. The molecule has 0 saturated carbocycles. The largest absolute Gasteiger partial charge is 0.416 e. The second-order valence-corrected chi connectivity index (χ2v) is 5.98. The first kappa shape index (κ1) is 15.9. The van der Waals surface area contributed by atoms with E-state index in [2.05, 4.69) is 20.4 Å². The van der Waals surface area contributed by atoms with Crippen molar-refractivity contribution >= 4 is 5.69 Å². The van der Waals surface area contributed by atoms with E-state index < -0.39 is 11.7 Å². The number of allylic oxidation sites excluding steroid dienone is 1. The van der Waals surface area contributed by atoms with E-state index >= 15 is 0 Å². The Kier molecular flexibility index (Phi) is 4.33. The zero-order chi connectivity index (χ0) is 15.8. The van der Waals surface area contributed by atoms with Crippen molar-refractivity contribution in [3.05, 3.63) is 41.6 Å². The summed E-state index contributed by atoms with van der Waals surface area (Å²) in [6.07, 6.45) is -2.90. The molecule has 1 aliphatic rings. The number of fused-ring (bicyclic) bond motifs is 1. The number of hydrogen-bond donors (Lipinski definition) is 1. The predicted octanol–water partition coefficient (Wildman–Crippen LogP) is 4.48. The second kappa shape index (κ2) is 5.72. The van der Waals surface area contributed by atoms with Crippen LogP contribution in [-0.2, 0) is 6.18 Å². The van der Waals surface area contributed by atoms with Crippen LogP contribution in [0, 0.1) is 5.92 Å². The predicted molar refractivity (Wildman–Crippen MR) is 78.9 cm³/mol. The van der Waals surface area contributed by atoms with E-state index in [1.54, 1.807) is 0 Å². The molecule has 1 unspecified atom stereocenters. The average Bonchev–Trinajstić information content (AvgIpc) is 2.36. The fourth-order valence-corrected chi connectivity index (χ4v) is 2.73. The van der Waals surface area contributed by atoms with E-state index in [4.69, 9.17) is 5.73 Å². The normalized spacial score (nSPS) is 18.8. The summed E-state index contributed by atoms with van der Waals surface area (Å²) in [6, 6.07) is 3.45. The van der Waals surface area contributed by atoms with Crippen molar-refractivity contribution in [2.75, 3.05) is 11.4 Å².